The van der Waals surface area contributed by atoms with Gasteiger partial charge in [-0.1, -0.05) is 0 Å². The van der Waals surface area contributed by atoms with E-state index >= 15 is 0 Å². The standard InChI is InChI=1S/C17H15F2N3OS/c1-10-2-3-15(24-10)11-4-14-17(20-5-11)13(19)8-21(14)9-16(23)22-6-12(18)7-22/h2-5,8,12H,6-7,9H2,1H3. The number of hydrogen-bond donors (Lipinski definition) is 0. The first kappa shape index (κ1) is 15.3. The van der Waals surface area contributed by atoms with Gasteiger partial charge in [-0.15, -0.1) is 11.3 Å². The third-order valence-electron chi connectivity index (χ3n) is 4.19. The summed E-state index contributed by atoms with van der Waals surface area (Å²) < 4.78 is 28.5. The van der Waals surface area contributed by atoms with Gasteiger partial charge < -0.3 is 9.47 Å². The number of nitrogens with zero attached hydrogens (tertiary/aromatic N) is 3. The lowest BCUT2D eigenvalue weighted by Crippen LogP contribution is -2.52. The molecule has 1 aliphatic rings. The molecule has 0 unspecified atom stereocenters. The van der Waals surface area contributed by atoms with Gasteiger partial charge in [-0.25, -0.2) is 8.78 Å². The average molecular weight is 347 g/mol. The summed E-state index contributed by atoms with van der Waals surface area (Å²) in [6, 6.07) is 5.86. The van der Waals surface area contributed by atoms with Crippen LogP contribution in [-0.4, -0.2) is 39.6 Å². The molecule has 0 saturated carbocycles. The summed E-state index contributed by atoms with van der Waals surface area (Å²) in [5.41, 5.74) is 1.70. The van der Waals surface area contributed by atoms with Crippen molar-refractivity contribution in [1.82, 2.24) is 14.5 Å². The number of amides is 1. The number of rotatable bonds is 3. The van der Waals surface area contributed by atoms with Crippen molar-refractivity contribution >= 4 is 28.3 Å². The number of alkyl halides is 1. The quantitative estimate of drug-likeness (QED) is 0.728. The molecule has 4 rings (SSSR count). The molecule has 0 atom stereocenters. The highest BCUT2D eigenvalue weighted by molar-refractivity contribution is 7.15. The van der Waals surface area contributed by atoms with Crippen LogP contribution in [0, 0.1) is 12.7 Å². The second-order valence-electron chi connectivity index (χ2n) is 6.00. The number of hydrogen-bond acceptors (Lipinski definition) is 3. The summed E-state index contributed by atoms with van der Waals surface area (Å²) in [5, 5.41) is 0. The molecular weight excluding hydrogens is 332 g/mol. The minimum Gasteiger partial charge on any atom is -0.335 e. The van der Waals surface area contributed by atoms with Gasteiger partial charge in [-0.05, 0) is 25.1 Å². The maximum atomic E-state index is 14.1. The molecule has 7 heteroatoms. The van der Waals surface area contributed by atoms with Gasteiger partial charge in [0.1, 0.15) is 18.2 Å². The molecule has 0 spiro atoms. The molecule has 0 aromatic carbocycles. The van der Waals surface area contributed by atoms with Crippen molar-refractivity contribution in [2.45, 2.75) is 19.6 Å². The highest BCUT2D eigenvalue weighted by Crippen LogP contribution is 2.30. The van der Waals surface area contributed by atoms with Crippen molar-refractivity contribution in [2.24, 2.45) is 0 Å². The topological polar surface area (TPSA) is 38.1 Å². The number of thiophene rings is 1. The van der Waals surface area contributed by atoms with Crippen molar-refractivity contribution in [3.63, 3.8) is 0 Å². The van der Waals surface area contributed by atoms with Gasteiger partial charge >= 0.3 is 0 Å². The van der Waals surface area contributed by atoms with Gasteiger partial charge in [0.15, 0.2) is 5.82 Å². The molecule has 24 heavy (non-hydrogen) atoms. The Morgan fingerprint density at radius 1 is 1.42 bits per heavy atom. The van der Waals surface area contributed by atoms with Gasteiger partial charge in [-0.3, -0.25) is 9.78 Å². The Labute approximate surface area is 141 Å². The highest BCUT2D eigenvalue weighted by Gasteiger charge is 2.30. The number of aryl methyl sites for hydroxylation is 1. The first-order valence-corrected chi connectivity index (χ1v) is 8.46. The second-order valence-corrected chi connectivity index (χ2v) is 7.29. The van der Waals surface area contributed by atoms with Crippen LogP contribution in [0.15, 0.2) is 30.6 Å². The maximum absolute atomic E-state index is 14.1. The van der Waals surface area contributed by atoms with Crippen LogP contribution in [0.1, 0.15) is 4.88 Å². The van der Waals surface area contributed by atoms with Crippen molar-refractivity contribution in [2.75, 3.05) is 13.1 Å². The van der Waals surface area contributed by atoms with Crippen molar-refractivity contribution in [3.05, 3.63) is 41.3 Å². The fourth-order valence-corrected chi connectivity index (χ4v) is 3.70. The van der Waals surface area contributed by atoms with Crippen LogP contribution in [0.25, 0.3) is 21.5 Å². The zero-order chi connectivity index (χ0) is 16.8. The fourth-order valence-electron chi connectivity index (χ4n) is 2.85. The van der Waals surface area contributed by atoms with Crippen LogP contribution >= 0.6 is 11.3 Å². The number of fused-ring (bicyclic) bond motifs is 1. The molecule has 0 radical (unpaired) electrons. The molecule has 3 aromatic rings. The molecule has 0 N–H and O–H groups in total. The van der Waals surface area contributed by atoms with E-state index in [2.05, 4.69) is 4.98 Å². The Morgan fingerprint density at radius 3 is 2.88 bits per heavy atom. The van der Waals surface area contributed by atoms with Crippen LogP contribution < -0.4 is 0 Å². The summed E-state index contributed by atoms with van der Waals surface area (Å²) in [5.74, 6) is -0.670. The van der Waals surface area contributed by atoms with Gasteiger partial charge in [0.2, 0.25) is 5.91 Å². The predicted molar refractivity (Wildman–Crippen MR) is 89.2 cm³/mol. The van der Waals surface area contributed by atoms with E-state index in [4.69, 9.17) is 0 Å². The summed E-state index contributed by atoms with van der Waals surface area (Å²) >= 11 is 1.63. The smallest absolute Gasteiger partial charge is 0.242 e. The Bertz CT molecular complexity index is 927. The average Bonchev–Trinajstić information content (AvgIpc) is 3.08. The molecule has 3 aromatic heterocycles. The first-order chi connectivity index (χ1) is 11.5. The van der Waals surface area contributed by atoms with E-state index in [0.29, 0.717) is 5.52 Å². The summed E-state index contributed by atoms with van der Waals surface area (Å²) in [6.07, 6.45) is 1.99. The largest absolute Gasteiger partial charge is 0.335 e. The van der Waals surface area contributed by atoms with Gasteiger partial charge in [0.25, 0.3) is 0 Å². The normalized spacial score (nSPS) is 15.0. The molecule has 4 heterocycles. The fraction of sp³-hybridized carbons (Fsp3) is 0.294. The van der Waals surface area contributed by atoms with Crippen LogP contribution in [0.5, 0.6) is 0 Å². The van der Waals surface area contributed by atoms with Crippen LogP contribution in [-0.2, 0) is 11.3 Å². The number of carbonyl (C=O) groups excluding carboxylic acids is 1. The van der Waals surface area contributed by atoms with E-state index in [-0.39, 0.29) is 31.1 Å². The minimum absolute atomic E-state index is 0.0122. The molecule has 0 aliphatic carbocycles. The number of halogens is 2. The molecule has 4 nitrogen and oxygen atoms in total. The molecule has 124 valence electrons. The third-order valence-corrected chi connectivity index (χ3v) is 5.24. The number of pyridine rings is 1. The maximum Gasteiger partial charge on any atom is 0.242 e. The van der Waals surface area contributed by atoms with Crippen molar-refractivity contribution in [3.8, 4) is 10.4 Å². The van der Waals surface area contributed by atoms with Gasteiger partial charge in [-0.2, -0.15) is 0 Å². The molecule has 1 aliphatic heterocycles. The zero-order valence-electron chi connectivity index (χ0n) is 13.0. The third kappa shape index (κ3) is 2.58. The Balaban J connectivity index is 1.68. The van der Waals surface area contributed by atoms with E-state index < -0.39 is 12.0 Å². The zero-order valence-corrected chi connectivity index (χ0v) is 13.8. The Kier molecular flexibility index (Phi) is 3.60. The number of likely N-dealkylation sites (tertiary alicyclic amines) is 1. The number of aromatic nitrogens is 2. The predicted octanol–water partition coefficient (Wildman–Crippen LogP) is 3.39. The van der Waals surface area contributed by atoms with E-state index in [0.717, 1.165) is 10.4 Å². The molecule has 1 saturated heterocycles. The monoisotopic (exact) mass is 347 g/mol. The second kappa shape index (κ2) is 5.66. The van der Waals surface area contributed by atoms with E-state index in [1.54, 1.807) is 22.1 Å². The van der Waals surface area contributed by atoms with E-state index in [1.807, 2.05) is 25.1 Å². The Morgan fingerprint density at radius 2 is 2.21 bits per heavy atom. The lowest BCUT2D eigenvalue weighted by Gasteiger charge is -2.34. The molecule has 1 fully saturated rings. The van der Waals surface area contributed by atoms with Crippen molar-refractivity contribution in [1.29, 1.82) is 0 Å². The minimum atomic E-state index is -0.942. The molecular formula is C17H15F2N3OS. The lowest BCUT2D eigenvalue weighted by molar-refractivity contribution is -0.138. The van der Waals surface area contributed by atoms with Gasteiger partial charge in [0.05, 0.1) is 18.6 Å². The van der Waals surface area contributed by atoms with E-state index in [9.17, 15) is 13.6 Å². The highest BCUT2D eigenvalue weighted by atomic mass is 32.1. The summed E-state index contributed by atoms with van der Waals surface area (Å²) in [6.45, 7) is 2.26. The van der Waals surface area contributed by atoms with Crippen LogP contribution in [0.3, 0.4) is 0 Å². The SMILES string of the molecule is Cc1ccc(-c2cnc3c(F)cn(CC(=O)N4CC(F)C4)c3c2)s1. The summed E-state index contributed by atoms with van der Waals surface area (Å²) in [7, 11) is 0. The van der Waals surface area contributed by atoms with Gasteiger partial charge in [0, 0.05) is 27.7 Å². The van der Waals surface area contributed by atoms with Crippen LogP contribution in [0.4, 0.5) is 8.78 Å². The molecule has 1 amide bonds. The first-order valence-electron chi connectivity index (χ1n) is 7.64. The van der Waals surface area contributed by atoms with Crippen molar-refractivity contribution < 1.29 is 13.6 Å². The Hall–Kier alpha value is -2.28. The number of carbonyl (C=O) groups is 1. The lowest BCUT2D eigenvalue weighted by atomic mass is 10.2. The van der Waals surface area contributed by atoms with Crippen LogP contribution in [0.2, 0.25) is 0 Å². The molecule has 0 bridgehead atoms. The van der Waals surface area contributed by atoms with E-state index in [1.165, 1.54) is 16.0 Å². The summed E-state index contributed by atoms with van der Waals surface area (Å²) in [4.78, 5) is 20.0.